The maximum Gasteiger partial charge on any atom is 0.233 e. The molecule has 1 atom stereocenters. The van der Waals surface area contributed by atoms with Gasteiger partial charge in [-0.2, -0.15) is 0 Å². The summed E-state index contributed by atoms with van der Waals surface area (Å²) in [7, 11) is 3.24. The number of hydrogen-bond acceptors (Lipinski definition) is 7. The number of methoxy groups -OCH3 is 2. The molecule has 3 rings (SSSR count). The van der Waals surface area contributed by atoms with E-state index in [2.05, 4.69) is 5.32 Å². The van der Waals surface area contributed by atoms with Gasteiger partial charge in [-0.05, 0) is 36.6 Å². The normalized spacial score (nSPS) is 11.8. The predicted octanol–water partition coefficient (Wildman–Crippen LogP) is 4.83. The zero-order valence-corrected chi connectivity index (χ0v) is 18.4. The summed E-state index contributed by atoms with van der Waals surface area (Å²) in [6, 6.07) is 9.78. The van der Waals surface area contributed by atoms with E-state index in [1.54, 1.807) is 48.7 Å². The minimum atomic E-state index is -0.133. The van der Waals surface area contributed by atoms with Crippen LogP contribution in [0.2, 0.25) is 0 Å². The van der Waals surface area contributed by atoms with Crippen molar-refractivity contribution < 1.29 is 14.3 Å². The molecule has 0 radical (unpaired) electrons. The van der Waals surface area contributed by atoms with Crippen molar-refractivity contribution in [1.29, 1.82) is 0 Å². The van der Waals surface area contributed by atoms with Gasteiger partial charge in [0.05, 0.1) is 31.7 Å². The highest BCUT2D eigenvalue weighted by Crippen LogP contribution is 2.34. The predicted molar refractivity (Wildman–Crippen MR) is 118 cm³/mol. The number of hydrogen-bond donors (Lipinski definition) is 1. The Labute approximate surface area is 177 Å². The highest BCUT2D eigenvalue weighted by molar-refractivity contribution is 7.99. The number of ether oxygens (including phenoxy) is 2. The second-order valence-corrected chi connectivity index (χ2v) is 9.18. The molecule has 1 N–H and O–H groups in total. The Kier molecular flexibility index (Phi) is 7.36. The zero-order chi connectivity index (χ0) is 19.9. The van der Waals surface area contributed by atoms with Crippen molar-refractivity contribution in [3.8, 4) is 22.1 Å². The number of thioether (sulfide) groups is 1. The molecule has 0 saturated heterocycles. The number of amides is 1. The number of rotatable bonds is 9. The highest BCUT2D eigenvalue weighted by Gasteiger charge is 2.15. The van der Waals surface area contributed by atoms with E-state index in [4.69, 9.17) is 14.5 Å². The lowest BCUT2D eigenvalue weighted by molar-refractivity contribution is -0.120. The smallest absolute Gasteiger partial charge is 0.233 e. The van der Waals surface area contributed by atoms with Crippen LogP contribution >= 0.6 is 34.4 Å². The average Bonchev–Trinajstić information content (AvgIpc) is 3.41. The first-order valence-corrected chi connectivity index (χ1v) is 11.5. The number of carbonyl (C=O) groups excluding carboxylic acids is 1. The van der Waals surface area contributed by atoms with Crippen LogP contribution < -0.4 is 14.8 Å². The maximum atomic E-state index is 12.2. The summed E-state index contributed by atoms with van der Waals surface area (Å²) in [4.78, 5) is 18.1. The van der Waals surface area contributed by atoms with Crippen molar-refractivity contribution >= 4 is 40.3 Å². The third kappa shape index (κ3) is 5.27. The van der Waals surface area contributed by atoms with Crippen LogP contribution in [0.1, 0.15) is 17.5 Å². The Bertz CT molecular complexity index is 909. The minimum absolute atomic E-state index is 0.0498. The lowest BCUT2D eigenvalue weighted by Crippen LogP contribution is -2.30. The average molecular weight is 435 g/mol. The van der Waals surface area contributed by atoms with E-state index < -0.39 is 0 Å². The van der Waals surface area contributed by atoms with Crippen molar-refractivity contribution in [2.45, 2.75) is 24.5 Å². The summed E-state index contributed by atoms with van der Waals surface area (Å²) in [6.45, 7) is 2.51. The van der Waals surface area contributed by atoms with E-state index in [-0.39, 0.29) is 11.2 Å². The van der Waals surface area contributed by atoms with Crippen LogP contribution in [0.25, 0.3) is 10.6 Å². The van der Waals surface area contributed by atoms with Gasteiger partial charge in [-0.15, -0.1) is 34.4 Å². The van der Waals surface area contributed by atoms with E-state index in [1.807, 2.05) is 48.0 Å². The van der Waals surface area contributed by atoms with E-state index in [9.17, 15) is 4.79 Å². The fourth-order valence-corrected chi connectivity index (χ4v) is 4.86. The Morgan fingerprint density at radius 1 is 1.21 bits per heavy atom. The molecule has 3 aromatic rings. The van der Waals surface area contributed by atoms with Gasteiger partial charge in [0.2, 0.25) is 5.91 Å². The van der Waals surface area contributed by atoms with Crippen LogP contribution in [0.4, 0.5) is 0 Å². The second kappa shape index (κ2) is 9.95. The lowest BCUT2D eigenvalue weighted by Gasteiger charge is -2.10. The molecule has 0 fully saturated rings. The SMILES string of the molecule is COc1ccc(-c2nc(CSC(C)C(=O)NCc3cccs3)cs2)cc1OC. The van der Waals surface area contributed by atoms with Gasteiger partial charge in [-0.3, -0.25) is 4.79 Å². The number of nitrogens with one attached hydrogen (secondary N) is 1. The third-order valence-corrected chi connectivity index (χ3v) is 7.04. The summed E-state index contributed by atoms with van der Waals surface area (Å²) in [5.41, 5.74) is 1.96. The standard InChI is InChI=1S/C20H22N2O3S3/c1-13(19(23)21-10-16-5-4-8-26-16)27-11-15-12-28-20(22-15)14-6-7-17(24-2)18(9-14)25-3/h4-9,12-13H,10-11H2,1-3H3,(H,21,23). The molecule has 0 aliphatic rings. The number of benzene rings is 1. The van der Waals surface area contributed by atoms with Crippen LogP contribution in [-0.2, 0) is 17.1 Å². The Morgan fingerprint density at radius 3 is 2.75 bits per heavy atom. The summed E-state index contributed by atoms with van der Waals surface area (Å²) in [6.07, 6.45) is 0. The van der Waals surface area contributed by atoms with Gasteiger partial charge in [-0.25, -0.2) is 4.98 Å². The largest absolute Gasteiger partial charge is 0.493 e. The van der Waals surface area contributed by atoms with Crippen molar-refractivity contribution in [2.75, 3.05) is 14.2 Å². The first-order chi connectivity index (χ1) is 13.6. The molecule has 5 nitrogen and oxygen atoms in total. The van der Waals surface area contributed by atoms with Crippen LogP contribution in [0.5, 0.6) is 11.5 Å². The van der Waals surface area contributed by atoms with Crippen LogP contribution in [0, 0.1) is 0 Å². The van der Waals surface area contributed by atoms with E-state index in [0.717, 1.165) is 21.1 Å². The molecule has 0 bridgehead atoms. The minimum Gasteiger partial charge on any atom is -0.493 e. The monoisotopic (exact) mass is 434 g/mol. The van der Waals surface area contributed by atoms with E-state index in [0.29, 0.717) is 23.8 Å². The lowest BCUT2D eigenvalue weighted by atomic mass is 10.2. The molecule has 8 heteroatoms. The van der Waals surface area contributed by atoms with Crippen molar-refractivity contribution in [3.05, 3.63) is 51.7 Å². The number of thiazole rings is 1. The fourth-order valence-electron chi connectivity index (χ4n) is 2.49. The topological polar surface area (TPSA) is 60.5 Å². The van der Waals surface area contributed by atoms with Crippen molar-refractivity contribution in [3.63, 3.8) is 0 Å². The Hall–Kier alpha value is -2.03. The quantitative estimate of drug-likeness (QED) is 0.523. The van der Waals surface area contributed by atoms with Gasteiger partial charge in [0.15, 0.2) is 11.5 Å². The molecular weight excluding hydrogens is 412 g/mol. The molecule has 148 valence electrons. The van der Waals surface area contributed by atoms with Gasteiger partial charge in [-0.1, -0.05) is 6.07 Å². The van der Waals surface area contributed by atoms with Gasteiger partial charge in [0.25, 0.3) is 0 Å². The molecule has 0 saturated carbocycles. The molecular formula is C20H22N2O3S3. The molecule has 2 heterocycles. The maximum absolute atomic E-state index is 12.2. The molecule has 0 spiro atoms. The van der Waals surface area contributed by atoms with Crippen LogP contribution in [-0.4, -0.2) is 30.4 Å². The van der Waals surface area contributed by atoms with Crippen molar-refractivity contribution in [2.24, 2.45) is 0 Å². The number of nitrogens with zero attached hydrogens (tertiary/aromatic N) is 1. The van der Waals surface area contributed by atoms with Crippen molar-refractivity contribution in [1.82, 2.24) is 10.3 Å². The summed E-state index contributed by atoms with van der Waals surface area (Å²) in [5, 5.41) is 7.82. The molecule has 28 heavy (non-hydrogen) atoms. The van der Waals surface area contributed by atoms with E-state index in [1.165, 1.54) is 0 Å². The Balaban J connectivity index is 1.55. The van der Waals surface area contributed by atoms with Gasteiger partial charge < -0.3 is 14.8 Å². The van der Waals surface area contributed by atoms with Crippen LogP contribution in [0.15, 0.2) is 41.1 Å². The third-order valence-electron chi connectivity index (χ3n) is 4.05. The highest BCUT2D eigenvalue weighted by atomic mass is 32.2. The molecule has 2 aromatic heterocycles. The molecule has 1 aromatic carbocycles. The van der Waals surface area contributed by atoms with Crippen LogP contribution in [0.3, 0.4) is 0 Å². The number of thiophene rings is 1. The fraction of sp³-hybridized carbons (Fsp3) is 0.300. The van der Waals surface area contributed by atoms with E-state index >= 15 is 0 Å². The first-order valence-electron chi connectivity index (χ1n) is 8.69. The molecule has 1 unspecified atom stereocenters. The molecule has 1 amide bonds. The molecule has 0 aliphatic heterocycles. The second-order valence-electron chi connectivity index (χ2n) is 5.96. The summed E-state index contributed by atoms with van der Waals surface area (Å²) in [5.74, 6) is 2.12. The van der Waals surface area contributed by atoms with Gasteiger partial charge in [0, 0.05) is 21.6 Å². The summed E-state index contributed by atoms with van der Waals surface area (Å²) < 4.78 is 10.6. The van der Waals surface area contributed by atoms with Gasteiger partial charge >= 0.3 is 0 Å². The van der Waals surface area contributed by atoms with Gasteiger partial charge in [0.1, 0.15) is 5.01 Å². The zero-order valence-electron chi connectivity index (χ0n) is 15.9. The Morgan fingerprint density at radius 2 is 2.04 bits per heavy atom. The number of aromatic nitrogens is 1. The number of carbonyl (C=O) groups is 1. The molecule has 0 aliphatic carbocycles. The summed E-state index contributed by atoms with van der Waals surface area (Å²) >= 11 is 4.82. The first kappa shape index (κ1) is 20.7.